The molecule has 0 radical (unpaired) electrons. The van der Waals surface area contributed by atoms with Crippen LogP contribution in [0.25, 0.3) is 0 Å². The van der Waals surface area contributed by atoms with Gasteiger partial charge in [0.05, 0.1) is 6.61 Å². The molecule has 1 amide bonds. The van der Waals surface area contributed by atoms with Gasteiger partial charge in [0.2, 0.25) is 5.91 Å². The first-order valence-electron chi connectivity index (χ1n) is 9.28. The summed E-state index contributed by atoms with van der Waals surface area (Å²) in [6.07, 6.45) is 6.95. The van der Waals surface area contributed by atoms with E-state index in [1.165, 1.54) is 0 Å². The van der Waals surface area contributed by atoms with Gasteiger partial charge in [-0.2, -0.15) is 0 Å². The monoisotopic (exact) mass is 376 g/mol. The Morgan fingerprint density at radius 2 is 1.75 bits per heavy atom. The molecule has 3 aromatic rings. The predicted octanol–water partition coefficient (Wildman–Crippen LogP) is 3.02. The van der Waals surface area contributed by atoms with Gasteiger partial charge in [0.1, 0.15) is 11.8 Å². The van der Waals surface area contributed by atoms with Crippen LogP contribution in [-0.2, 0) is 17.9 Å². The normalized spacial score (nSPS) is 11.6. The Bertz CT molecular complexity index is 855. The van der Waals surface area contributed by atoms with Crippen LogP contribution in [0.1, 0.15) is 29.7 Å². The summed E-state index contributed by atoms with van der Waals surface area (Å²) in [6.45, 7) is 3.53. The van der Waals surface area contributed by atoms with Crippen molar-refractivity contribution in [1.82, 2.24) is 20.6 Å². The Morgan fingerprint density at radius 3 is 2.43 bits per heavy atom. The summed E-state index contributed by atoms with van der Waals surface area (Å²) in [6, 6.07) is 14.7. The second-order valence-electron chi connectivity index (χ2n) is 6.25. The van der Waals surface area contributed by atoms with Crippen LogP contribution < -0.4 is 15.4 Å². The van der Waals surface area contributed by atoms with E-state index in [1.807, 2.05) is 55.5 Å². The molecule has 0 aliphatic heterocycles. The van der Waals surface area contributed by atoms with Gasteiger partial charge >= 0.3 is 0 Å². The van der Waals surface area contributed by atoms with Crippen LogP contribution >= 0.6 is 0 Å². The molecule has 0 aliphatic rings. The van der Waals surface area contributed by atoms with Gasteiger partial charge < -0.3 is 10.1 Å². The van der Waals surface area contributed by atoms with Crippen molar-refractivity contribution in [3.63, 3.8) is 0 Å². The molecule has 6 nitrogen and oxygen atoms in total. The SMILES string of the molecule is CCOc1ccc(C(NCc2cccnc2)C(=O)NCc2ccncc2)cc1. The lowest BCUT2D eigenvalue weighted by molar-refractivity contribution is -0.123. The van der Waals surface area contributed by atoms with E-state index in [0.717, 1.165) is 22.4 Å². The fourth-order valence-corrected chi connectivity index (χ4v) is 2.80. The number of pyridine rings is 2. The number of aromatic nitrogens is 2. The van der Waals surface area contributed by atoms with Crippen molar-refractivity contribution in [2.45, 2.75) is 26.1 Å². The fraction of sp³-hybridized carbons (Fsp3) is 0.227. The summed E-state index contributed by atoms with van der Waals surface area (Å²) in [5.74, 6) is 0.694. The van der Waals surface area contributed by atoms with Crippen molar-refractivity contribution in [3.05, 3.63) is 90.0 Å². The molecule has 1 atom stereocenters. The highest BCUT2D eigenvalue weighted by Gasteiger charge is 2.20. The van der Waals surface area contributed by atoms with Crippen molar-refractivity contribution in [1.29, 1.82) is 0 Å². The number of ether oxygens (including phenoxy) is 1. The van der Waals surface area contributed by atoms with Gasteiger partial charge in [0, 0.05) is 37.9 Å². The summed E-state index contributed by atoms with van der Waals surface area (Å²) in [5, 5.41) is 6.33. The van der Waals surface area contributed by atoms with Crippen LogP contribution in [0.3, 0.4) is 0 Å². The minimum Gasteiger partial charge on any atom is -0.494 e. The lowest BCUT2D eigenvalue weighted by Crippen LogP contribution is -2.37. The molecule has 6 heteroatoms. The Labute approximate surface area is 165 Å². The lowest BCUT2D eigenvalue weighted by Gasteiger charge is -2.19. The summed E-state index contributed by atoms with van der Waals surface area (Å²) in [7, 11) is 0. The van der Waals surface area contributed by atoms with Crippen molar-refractivity contribution >= 4 is 5.91 Å². The third-order valence-electron chi connectivity index (χ3n) is 4.24. The van der Waals surface area contributed by atoms with Crippen LogP contribution in [0.4, 0.5) is 0 Å². The van der Waals surface area contributed by atoms with Gasteiger partial charge in [0.25, 0.3) is 0 Å². The topological polar surface area (TPSA) is 76.1 Å². The maximum atomic E-state index is 12.9. The number of rotatable bonds is 9. The summed E-state index contributed by atoms with van der Waals surface area (Å²) in [5.41, 5.74) is 2.89. The molecule has 0 saturated carbocycles. The zero-order valence-electron chi connectivity index (χ0n) is 15.8. The van der Waals surface area contributed by atoms with E-state index in [4.69, 9.17) is 4.74 Å². The maximum Gasteiger partial charge on any atom is 0.242 e. The van der Waals surface area contributed by atoms with E-state index < -0.39 is 6.04 Å². The highest BCUT2D eigenvalue weighted by molar-refractivity contribution is 5.83. The van der Waals surface area contributed by atoms with Gasteiger partial charge in [0.15, 0.2) is 0 Å². The smallest absolute Gasteiger partial charge is 0.242 e. The number of nitrogens with one attached hydrogen (secondary N) is 2. The number of benzene rings is 1. The largest absolute Gasteiger partial charge is 0.494 e. The Morgan fingerprint density at radius 1 is 0.964 bits per heavy atom. The summed E-state index contributed by atoms with van der Waals surface area (Å²) in [4.78, 5) is 21.0. The first kappa shape index (κ1) is 19.5. The van der Waals surface area contributed by atoms with E-state index in [1.54, 1.807) is 24.8 Å². The van der Waals surface area contributed by atoms with Crippen molar-refractivity contribution in [2.75, 3.05) is 6.61 Å². The molecule has 1 aromatic carbocycles. The molecule has 2 heterocycles. The summed E-state index contributed by atoms with van der Waals surface area (Å²) < 4.78 is 5.50. The second kappa shape index (κ2) is 10.2. The average molecular weight is 376 g/mol. The van der Waals surface area contributed by atoms with Crippen molar-refractivity contribution in [3.8, 4) is 5.75 Å². The molecule has 1 unspecified atom stereocenters. The van der Waals surface area contributed by atoms with Crippen LogP contribution in [0, 0.1) is 0 Å². The average Bonchev–Trinajstić information content (AvgIpc) is 2.75. The zero-order valence-corrected chi connectivity index (χ0v) is 15.8. The molecule has 0 saturated heterocycles. The number of carbonyl (C=O) groups excluding carboxylic acids is 1. The maximum absolute atomic E-state index is 12.9. The molecule has 2 aromatic heterocycles. The minimum absolute atomic E-state index is 0.0927. The molecule has 28 heavy (non-hydrogen) atoms. The van der Waals surface area contributed by atoms with Crippen LogP contribution in [0.5, 0.6) is 5.75 Å². The van der Waals surface area contributed by atoms with Crippen molar-refractivity contribution in [2.24, 2.45) is 0 Å². The first-order valence-corrected chi connectivity index (χ1v) is 9.28. The fourth-order valence-electron chi connectivity index (χ4n) is 2.80. The highest BCUT2D eigenvalue weighted by Crippen LogP contribution is 2.19. The zero-order chi connectivity index (χ0) is 19.6. The van der Waals surface area contributed by atoms with E-state index in [2.05, 4.69) is 20.6 Å². The lowest BCUT2D eigenvalue weighted by atomic mass is 10.1. The van der Waals surface area contributed by atoms with E-state index in [-0.39, 0.29) is 5.91 Å². The van der Waals surface area contributed by atoms with Gasteiger partial charge in [-0.15, -0.1) is 0 Å². The first-order chi connectivity index (χ1) is 13.8. The molecule has 0 spiro atoms. The molecule has 3 rings (SSSR count). The molecule has 2 N–H and O–H groups in total. The van der Waals surface area contributed by atoms with Gasteiger partial charge in [-0.25, -0.2) is 0 Å². The standard InChI is InChI=1S/C22H24N4O2/c1-2-28-20-7-5-19(6-8-20)21(25-16-18-4-3-11-24-14-18)22(27)26-15-17-9-12-23-13-10-17/h3-14,21,25H,2,15-16H2,1H3,(H,26,27). The number of hydrogen-bond acceptors (Lipinski definition) is 5. The Balaban J connectivity index is 1.71. The van der Waals surface area contributed by atoms with Crippen LogP contribution in [0.2, 0.25) is 0 Å². The molecular formula is C22H24N4O2. The predicted molar refractivity (Wildman–Crippen MR) is 108 cm³/mol. The number of hydrogen-bond donors (Lipinski definition) is 2. The van der Waals surface area contributed by atoms with Gasteiger partial charge in [-0.1, -0.05) is 18.2 Å². The number of amides is 1. The summed E-state index contributed by atoms with van der Waals surface area (Å²) >= 11 is 0. The van der Waals surface area contributed by atoms with Crippen LogP contribution in [0.15, 0.2) is 73.3 Å². The third kappa shape index (κ3) is 5.62. The molecule has 0 bridgehead atoms. The quantitative estimate of drug-likeness (QED) is 0.600. The third-order valence-corrected chi connectivity index (χ3v) is 4.24. The second-order valence-corrected chi connectivity index (χ2v) is 6.25. The molecule has 0 fully saturated rings. The van der Waals surface area contributed by atoms with E-state index in [0.29, 0.717) is 19.7 Å². The number of nitrogens with zero attached hydrogens (tertiary/aromatic N) is 2. The van der Waals surface area contributed by atoms with Gasteiger partial charge in [-0.3, -0.25) is 20.1 Å². The Kier molecular flexibility index (Phi) is 7.09. The van der Waals surface area contributed by atoms with Gasteiger partial charge in [-0.05, 0) is 53.9 Å². The van der Waals surface area contributed by atoms with E-state index in [9.17, 15) is 4.79 Å². The van der Waals surface area contributed by atoms with E-state index >= 15 is 0 Å². The minimum atomic E-state index is -0.488. The molecule has 0 aliphatic carbocycles. The molecular weight excluding hydrogens is 352 g/mol. The van der Waals surface area contributed by atoms with Crippen LogP contribution in [-0.4, -0.2) is 22.5 Å². The molecule has 144 valence electrons. The Hall–Kier alpha value is -3.25. The van der Waals surface area contributed by atoms with Crippen molar-refractivity contribution < 1.29 is 9.53 Å². The highest BCUT2D eigenvalue weighted by atomic mass is 16.5. The number of carbonyl (C=O) groups is 1.